The number of thiophene rings is 1. The lowest BCUT2D eigenvalue weighted by Crippen LogP contribution is -2.56. The second-order valence-electron chi connectivity index (χ2n) is 8.11. The maximum Gasteiger partial charge on any atom is 0.573 e. The van der Waals surface area contributed by atoms with Gasteiger partial charge in [-0.05, 0) is 56.2 Å². The highest BCUT2D eigenvalue weighted by atomic mass is 35.5. The second-order valence-corrected chi connectivity index (χ2v) is 12.8. The number of thiazole rings is 1. The van der Waals surface area contributed by atoms with E-state index in [2.05, 4.69) is 15.0 Å². The molecule has 194 valence electrons. The van der Waals surface area contributed by atoms with Crippen LogP contribution in [0.15, 0.2) is 46.0 Å². The third-order valence-corrected chi connectivity index (χ3v) is 10.3. The quantitative estimate of drug-likeness (QED) is 0.390. The number of aromatic nitrogens is 1. The monoisotopic (exact) mass is 580 g/mol. The van der Waals surface area contributed by atoms with Gasteiger partial charge >= 0.3 is 6.36 Å². The Hall–Kier alpha value is -2.23. The SMILES string of the molecule is C[C@@]1(C(=O)N[C@@H](N)c2nc(-c3ccc(OC(F)(F)F)cc3)cs2)CCCN1S(=O)(=O)c1ccc(Cl)s1. The van der Waals surface area contributed by atoms with Crippen molar-refractivity contribution in [1.29, 1.82) is 0 Å². The van der Waals surface area contributed by atoms with Gasteiger partial charge in [0.2, 0.25) is 5.91 Å². The van der Waals surface area contributed by atoms with Crippen molar-refractivity contribution >= 4 is 50.2 Å². The molecule has 1 aromatic carbocycles. The zero-order chi connectivity index (χ0) is 26.3. The van der Waals surface area contributed by atoms with Gasteiger partial charge < -0.3 is 15.8 Å². The lowest BCUT2D eigenvalue weighted by Gasteiger charge is -2.33. The van der Waals surface area contributed by atoms with Gasteiger partial charge in [-0.25, -0.2) is 13.4 Å². The number of rotatable bonds is 7. The average Bonchev–Trinajstić information content (AvgIpc) is 3.53. The van der Waals surface area contributed by atoms with E-state index >= 15 is 0 Å². The first-order valence-corrected chi connectivity index (χ1v) is 14.0. The molecule has 1 aliphatic rings. The van der Waals surface area contributed by atoms with Gasteiger partial charge in [0.15, 0.2) is 0 Å². The van der Waals surface area contributed by atoms with E-state index in [9.17, 15) is 26.4 Å². The van der Waals surface area contributed by atoms with Crippen LogP contribution >= 0.6 is 34.3 Å². The number of nitrogens with one attached hydrogen (secondary N) is 1. The number of halogens is 4. The predicted octanol–water partition coefficient (Wildman–Crippen LogP) is 4.74. The van der Waals surface area contributed by atoms with Crippen molar-refractivity contribution in [1.82, 2.24) is 14.6 Å². The van der Waals surface area contributed by atoms with Crippen molar-refractivity contribution < 1.29 is 31.1 Å². The highest BCUT2D eigenvalue weighted by molar-refractivity contribution is 7.91. The molecular formula is C21H20ClF3N4O4S3. The molecule has 8 nitrogen and oxygen atoms in total. The Balaban J connectivity index is 1.47. The van der Waals surface area contributed by atoms with Crippen LogP contribution in [-0.2, 0) is 14.8 Å². The Bertz CT molecular complexity index is 1360. The molecule has 0 unspecified atom stereocenters. The molecule has 0 spiro atoms. The highest BCUT2D eigenvalue weighted by Crippen LogP contribution is 2.38. The maximum atomic E-state index is 13.2. The molecule has 0 radical (unpaired) electrons. The van der Waals surface area contributed by atoms with E-state index in [1.165, 1.54) is 40.7 Å². The average molecular weight is 581 g/mol. The van der Waals surface area contributed by atoms with E-state index in [4.69, 9.17) is 17.3 Å². The molecule has 1 amide bonds. The van der Waals surface area contributed by atoms with Crippen LogP contribution in [0.2, 0.25) is 4.34 Å². The number of benzene rings is 1. The Kier molecular flexibility index (Phi) is 7.38. The van der Waals surface area contributed by atoms with Crippen LogP contribution in [0.3, 0.4) is 0 Å². The summed E-state index contributed by atoms with van der Waals surface area (Å²) in [7, 11) is -3.95. The third kappa shape index (κ3) is 5.53. The number of hydrogen-bond donors (Lipinski definition) is 2. The van der Waals surface area contributed by atoms with Crippen molar-refractivity contribution in [3.8, 4) is 17.0 Å². The van der Waals surface area contributed by atoms with Crippen molar-refractivity contribution in [2.45, 2.75) is 42.0 Å². The van der Waals surface area contributed by atoms with Crippen LogP contribution in [0, 0.1) is 0 Å². The normalized spacial score (nSPS) is 19.8. The number of nitrogens with two attached hydrogens (primary N) is 1. The van der Waals surface area contributed by atoms with Gasteiger partial charge in [0, 0.05) is 17.5 Å². The number of ether oxygens (including phenoxy) is 1. The van der Waals surface area contributed by atoms with Gasteiger partial charge in [0.05, 0.1) is 10.0 Å². The largest absolute Gasteiger partial charge is 0.573 e. The minimum atomic E-state index is -4.79. The Labute approximate surface area is 217 Å². The number of sulfonamides is 1. The van der Waals surface area contributed by atoms with E-state index in [0.717, 1.165) is 22.7 Å². The summed E-state index contributed by atoms with van der Waals surface area (Å²) in [6.07, 6.45) is -5.02. The number of amides is 1. The molecule has 15 heteroatoms. The van der Waals surface area contributed by atoms with Crippen molar-refractivity contribution in [3.63, 3.8) is 0 Å². The van der Waals surface area contributed by atoms with Crippen molar-refractivity contribution in [2.24, 2.45) is 5.73 Å². The standard InChI is InChI=1S/C21H20ClF3N4O4S3/c1-20(9-2-10-29(20)36(31,32)16-8-7-15(22)35-16)19(30)28-17(26)18-27-14(11-34-18)12-3-5-13(6-4-12)33-21(23,24)25/h3-8,11,17H,2,9-10,26H2,1H3,(H,28,30)/t17-,20+/m1/s1. The van der Waals surface area contributed by atoms with Crippen LogP contribution < -0.4 is 15.8 Å². The molecule has 4 rings (SSSR count). The van der Waals surface area contributed by atoms with Gasteiger partial charge in [0.1, 0.15) is 26.7 Å². The molecule has 2 aromatic heterocycles. The first-order valence-electron chi connectivity index (χ1n) is 10.5. The molecule has 1 fully saturated rings. The van der Waals surface area contributed by atoms with E-state index in [1.807, 2.05) is 0 Å². The molecule has 0 bridgehead atoms. The number of carbonyl (C=O) groups excluding carboxylic acids is 1. The van der Waals surface area contributed by atoms with Crippen molar-refractivity contribution in [3.05, 3.63) is 51.1 Å². The summed E-state index contributed by atoms with van der Waals surface area (Å²) in [5.74, 6) is -0.927. The third-order valence-electron chi connectivity index (χ3n) is 5.62. The van der Waals surface area contributed by atoms with Crippen molar-refractivity contribution in [2.75, 3.05) is 6.54 Å². The zero-order valence-corrected chi connectivity index (χ0v) is 21.8. The van der Waals surface area contributed by atoms with E-state index in [0.29, 0.717) is 33.4 Å². The van der Waals surface area contributed by atoms with Crippen LogP contribution in [0.1, 0.15) is 30.9 Å². The maximum absolute atomic E-state index is 13.2. The summed E-state index contributed by atoms with van der Waals surface area (Å²) in [6.45, 7) is 1.72. The molecule has 3 aromatic rings. The summed E-state index contributed by atoms with van der Waals surface area (Å²) >= 11 is 7.97. The molecule has 3 N–H and O–H groups in total. The minimum absolute atomic E-state index is 0.0499. The molecule has 0 saturated carbocycles. The first kappa shape index (κ1) is 26.8. The Morgan fingerprint density at radius 1 is 1.28 bits per heavy atom. The van der Waals surface area contributed by atoms with Gasteiger partial charge in [-0.15, -0.1) is 35.8 Å². The van der Waals surface area contributed by atoms with Crippen LogP contribution in [0.4, 0.5) is 13.2 Å². The molecule has 1 aliphatic heterocycles. The molecule has 2 atom stereocenters. The van der Waals surface area contributed by atoms with Gasteiger partial charge in [-0.2, -0.15) is 4.31 Å². The zero-order valence-electron chi connectivity index (χ0n) is 18.6. The van der Waals surface area contributed by atoms with E-state index < -0.39 is 34.0 Å². The first-order chi connectivity index (χ1) is 16.8. The summed E-state index contributed by atoms with van der Waals surface area (Å²) in [5, 5.41) is 4.64. The predicted molar refractivity (Wildman–Crippen MR) is 130 cm³/mol. The molecule has 36 heavy (non-hydrogen) atoms. The summed E-state index contributed by atoms with van der Waals surface area (Å²) in [5.41, 5.74) is 5.78. The minimum Gasteiger partial charge on any atom is -0.406 e. The van der Waals surface area contributed by atoms with Crippen LogP contribution in [0.5, 0.6) is 5.75 Å². The Morgan fingerprint density at radius 2 is 1.97 bits per heavy atom. The van der Waals surface area contributed by atoms with Crippen LogP contribution in [-0.4, -0.2) is 42.1 Å². The topological polar surface area (TPSA) is 115 Å². The summed E-state index contributed by atoms with van der Waals surface area (Å²) in [6, 6.07) is 8.07. The van der Waals surface area contributed by atoms with Gasteiger partial charge in [-0.1, -0.05) is 11.6 Å². The van der Waals surface area contributed by atoms with E-state index in [-0.39, 0.29) is 16.5 Å². The summed E-state index contributed by atoms with van der Waals surface area (Å²) < 4.78 is 68.8. The van der Waals surface area contributed by atoms with Gasteiger partial charge in [-0.3, -0.25) is 4.79 Å². The lowest BCUT2D eigenvalue weighted by atomic mass is 9.99. The molecule has 3 heterocycles. The van der Waals surface area contributed by atoms with Gasteiger partial charge in [0.25, 0.3) is 10.0 Å². The molecular weight excluding hydrogens is 561 g/mol. The summed E-state index contributed by atoms with van der Waals surface area (Å²) in [4.78, 5) is 17.6. The Morgan fingerprint density at radius 3 is 2.58 bits per heavy atom. The fourth-order valence-corrected chi connectivity index (χ4v) is 8.03. The fourth-order valence-electron chi connectivity index (χ4n) is 3.84. The lowest BCUT2D eigenvalue weighted by molar-refractivity contribution is -0.274. The number of nitrogens with zero attached hydrogens (tertiary/aromatic N) is 2. The number of hydrogen-bond acceptors (Lipinski definition) is 8. The molecule has 0 aliphatic carbocycles. The number of carbonyl (C=O) groups is 1. The van der Waals surface area contributed by atoms with Crippen LogP contribution in [0.25, 0.3) is 11.3 Å². The fraction of sp³-hybridized carbons (Fsp3) is 0.333. The van der Waals surface area contributed by atoms with E-state index in [1.54, 1.807) is 12.3 Å². The molecule has 1 saturated heterocycles. The smallest absolute Gasteiger partial charge is 0.406 e. The number of alkyl halides is 3. The highest BCUT2D eigenvalue weighted by Gasteiger charge is 2.50. The second kappa shape index (κ2) is 9.91.